The van der Waals surface area contributed by atoms with Gasteiger partial charge in [0.15, 0.2) is 9.84 Å². The van der Waals surface area contributed by atoms with Crippen LogP contribution >= 0.6 is 11.6 Å². The molecule has 2 atom stereocenters. The highest BCUT2D eigenvalue weighted by Gasteiger charge is 2.40. The molecule has 0 aliphatic carbocycles. The van der Waals surface area contributed by atoms with Crippen molar-refractivity contribution in [2.75, 3.05) is 16.8 Å². The lowest BCUT2D eigenvalue weighted by Crippen LogP contribution is -2.36. The van der Waals surface area contributed by atoms with Crippen LogP contribution in [0.3, 0.4) is 0 Å². The fraction of sp³-hybridized carbons (Fsp3) is 0.235. The van der Waals surface area contributed by atoms with Gasteiger partial charge in [0.1, 0.15) is 11.9 Å². The Bertz CT molecular complexity index is 886. The highest BCUT2D eigenvalue weighted by atomic mass is 35.5. The second-order valence-corrected chi connectivity index (χ2v) is 8.35. The Hall–Kier alpha value is -2.12. The molecule has 1 heterocycles. The summed E-state index contributed by atoms with van der Waals surface area (Å²) in [5, 5.41) is 3.58. The third kappa shape index (κ3) is 4.29. The molecule has 0 bridgehead atoms. The van der Waals surface area contributed by atoms with E-state index in [9.17, 15) is 17.6 Å². The average molecular weight is 384 g/mol. The van der Waals surface area contributed by atoms with Crippen molar-refractivity contribution >= 4 is 33.1 Å². The molecule has 0 spiro atoms. The Morgan fingerprint density at radius 2 is 1.80 bits per heavy atom. The predicted octanol–water partition coefficient (Wildman–Crippen LogP) is 2.91. The van der Waals surface area contributed by atoms with E-state index in [-0.39, 0.29) is 17.1 Å². The van der Waals surface area contributed by atoms with Crippen LogP contribution in [0, 0.1) is 5.82 Å². The summed E-state index contributed by atoms with van der Waals surface area (Å²) < 4.78 is 42.9. The lowest BCUT2D eigenvalue weighted by atomic mass is 10.2. The molecule has 1 N–H and O–H groups in total. The summed E-state index contributed by atoms with van der Waals surface area (Å²) in [7, 11) is -3.37. The zero-order chi connectivity index (χ0) is 18.0. The van der Waals surface area contributed by atoms with Crippen LogP contribution in [0.2, 0.25) is 5.02 Å². The van der Waals surface area contributed by atoms with Crippen molar-refractivity contribution in [3.63, 3.8) is 0 Å². The summed E-state index contributed by atoms with van der Waals surface area (Å²) in [6, 6.07) is 11.5. The van der Waals surface area contributed by atoms with E-state index in [0.29, 0.717) is 10.7 Å². The third-order valence-corrected chi connectivity index (χ3v) is 5.80. The summed E-state index contributed by atoms with van der Waals surface area (Å²) in [5.74, 6) is -2.08. The summed E-state index contributed by atoms with van der Waals surface area (Å²) in [4.78, 5) is 12.2. The SMILES string of the molecule is O=C(O[C@H]1CS(=O)(=O)C[C@@H]1Nc1ccc(Cl)cc1)c1ccccc1F. The highest BCUT2D eigenvalue weighted by Crippen LogP contribution is 2.23. The highest BCUT2D eigenvalue weighted by molar-refractivity contribution is 7.91. The Morgan fingerprint density at radius 1 is 1.12 bits per heavy atom. The van der Waals surface area contributed by atoms with Crippen LogP contribution in [-0.2, 0) is 14.6 Å². The van der Waals surface area contributed by atoms with Gasteiger partial charge in [0.25, 0.3) is 0 Å². The normalized spacial score (nSPS) is 21.7. The second kappa shape index (κ2) is 7.01. The molecule has 2 aromatic rings. The quantitative estimate of drug-likeness (QED) is 0.822. The summed E-state index contributed by atoms with van der Waals surface area (Å²) in [6.45, 7) is 0. The Labute approximate surface area is 149 Å². The number of rotatable bonds is 4. The number of nitrogens with one attached hydrogen (secondary N) is 1. The van der Waals surface area contributed by atoms with E-state index in [2.05, 4.69) is 5.32 Å². The van der Waals surface area contributed by atoms with Crippen LogP contribution in [0.25, 0.3) is 0 Å². The standard InChI is InChI=1S/C17H15ClFNO4S/c18-11-5-7-12(8-6-11)20-15-9-25(22,23)10-16(15)24-17(21)13-3-1-2-4-14(13)19/h1-8,15-16,20H,9-10H2/t15-,16-/m0/s1. The van der Waals surface area contributed by atoms with E-state index in [1.54, 1.807) is 24.3 Å². The molecule has 2 aromatic carbocycles. The van der Waals surface area contributed by atoms with E-state index >= 15 is 0 Å². The molecule has 1 aliphatic heterocycles. The van der Waals surface area contributed by atoms with E-state index < -0.39 is 33.8 Å². The van der Waals surface area contributed by atoms with E-state index in [1.165, 1.54) is 18.2 Å². The summed E-state index contributed by atoms with van der Waals surface area (Å²) in [6.07, 6.45) is -0.909. The molecule has 1 aliphatic rings. The van der Waals surface area contributed by atoms with Gasteiger partial charge in [0, 0.05) is 10.7 Å². The zero-order valence-electron chi connectivity index (χ0n) is 13.0. The van der Waals surface area contributed by atoms with Gasteiger partial charge in [-0.3, -0.25) is 0 Å². The first-order valence-corrected chi connectivity index (χ1v) is 9.72. The van der Waals surface area contributed by atoms with Gasteiger partial charge in [-0.15, -0.1) is 0 Å². The van der Waals surface area contributed by atoms with Crippen LogP contribution in [-0.4, -0.2) is 38.0 Å². The molecule has 132 valence electrons. The van der Waals surface area contributed by atoms with Crippen molar-refractivity contribution in [1.29, 1.82) is 0 Å². The first kappa shape index (κ1) is 17.7. The third-order valence-electron chi connectivity index (χ3n) is 3.85. The first-order chi connectivity index (χ1) is 11.8. The lowest BCUT2D eigenvalue weighted by molar-refractivity contribution is 0.0331. The number of halogens is 2. The lowest BCUT2D eigenvalue weighted by Gasteiger charge is -2.21. The molecule has 0 radical (unpaired) electrons. The number of hydrogen-bond donors (Lipinski definition) is 1. The van der Waals surface area contributed by atoms with Gasteiger partial charge in [0.05, 0.1) is 23.1 Å². The van der Waals surface area contributed by atoms with Crippen molar-refractivity contribution in [3.05, 3.63) is 64.9 Å². The molecule has 1 fully saturated rings. The molecule has 3 rings (SSSR count). The van der Waals surface area contributed by atoms with E-state index in [1.807, 2.05) is 0 Å². The summed E-state index contributed by atoms with van der Waals surface area (Å²) in [5.41, 5.74) is 0.426. The van der Waals surface area contributed by atoms with Crippen molar-refractivity contribution in [3.8, 4) is 0 Å². The van der Waals surface area contributed by atoms with Crippen LogP contribution in [0.5, 0.6) is 0 Å². The first-order valence-electron chi connectivity index (χ1n) is 7.52. The minimum Gasteiger partial charge on any atom is -0.455 e. The van der Waals surface area contributed by atoms with Crippen molar-refractivity contribution < 1.29 is 22.3 Å². The number of carbonyl (C=O) groups is 1. The number of anilines is 1. The zero-order valence-corrected chi connectivity index (χ0v) is 14.6. The molecule has 25 heavy (non-hydrogen) atoms. The number of hydrogen-bond acceptors (Lipinski definition) is 5. The maximum absolute atomic E-state index is 13.7. The van der Waals surface area contributed by atoms with E-state index in [0.717, 1.165) is 6.07 Å². The van der Waals surface area contributed by atoms with Gasteiger partial charge in [0.2, 0.25) is 0 Å². The molecular weight excluding hydrogens is 369 g/mol. The smallest absolute Gasteiger partial charge is 0.341 e. The van der Waals surface area contributed by atoms with Gasteiger partial charge in [-0.2, -0.15) is 0 Å². The number of carbonyl (C=O) groups excluding carboxylic acids is 1. The number of esters is 1. The molecule has 0 unspecified atom stereocenters. The van der Waals surface area contributed by atoms with Crippen molar-refractivity contribution in [1.82, 2.24) is 0 Å². The molecular formula is C17H15ClFNO4S. The van der Waals surface area contributed by atoms with Gasteiger partial charge in [-0.25, -0.2) is 17.6 Å². The van der Waals surface area contributed by atoms with Crippen molar-refractivity contribution in [2.45, 2.75) is 12.1 Å². The Balaban J connectivity index is 1.77. The second-order valence-electron chi connectivity index (χ2n) is 5.76. The predicted molar refractivity (Wildman–Crippen MR) is 93.1 cm³/mol. The average Bonchev–Trinajstić information content (AvgIpc) is 2.83. The number of ether oxygens (including phenoxy) is 1. The van der Waals surface area contributed by atoms with Gasteiger partial charge in [-0.05, 0) is 36.4 Å². The Morgan fingerprint density at radius 3 is 2.48 bits per heavy atom. The summed E-state index contributed by atoms with van der Waals surface area (Å²) >= 11 is 5.83. The fourth-order valence-corrected chi connectivity index (χ4v) is 4.56. The Kier molecular flexibility index (Phi) is 4.96. The van der Waals surface area contributed by atoms with Gasteiger partial charge in [-0.1, -0.05) is 23.7 Å². The maximum Gasteiger partial charge on any atom is 0.341 e. The van der Waals surface area contributed by atoms with Gasteiger partial charge >= 0.3 is 5.97 Å². The molecule has 8 heteroatoms. The topological polar surface area (TPSA) is 72.5 Å². The minimum absolute atomic E-state index is 0.176. The molecule has 0 aromatic heterocycles. The number of sulfone groups is 1. The van der Waals surface area contributed by atoms with Crippen molar-refractivity contribution in [2.24, 2.45) is 0 Å². The molecule has 0 amide bonds. The minimum atomic E-state index is -3.37. The molecule has 5 nitrogen and oxygen atoms in total. The molecule has 1 saturated heterocycles. The van der Waals surface area contributed by atoms with E-state index in [4.69, 9.17) is 16.3 Å². The largest absolute Gasteiger partial charge is 0.455 e. The maximum atomic E-state index is 13.7. The molecule has 0 saturated carbocycles. The van der Waals surface area contributed by atoms with Crippen LogP contribution < -0.4 is 5.32 Å². The van der Waals surface area contributed by atoms with Crippen LogP contribution in [0.15, 0.2) is 48.5 Å². The monoisotopic (exact) mass is 383 g/mol. The van der Waals surface area contributed by atoms with Crippen LogP contribution in [0.1, 0.15) is 10.4 Å². The fourth-order valence-electron chi connectivity index (χ4n) is 2.65. The van der Waals surface area contributed by atoms with Gasteiger partial charge < -0.3 is 10.1 Å². The number of benzene rings is 2. The van der Waals surface area contributed by atoms with Crippen LogP contribution in [0.4, 0.5) is 10.1 Å².